The highest BCUT2D eigenvalue weighted by Gasteiger charge is 2.42. The molecule has 0 saturated carbocycles. The van der Waals surface area contributed by atoms with Crippen molar-refractivity contribution in [3.05, 3.63) is 11.0 Å². The van der Waals surface area contributed by atoms with Crippen LogP contribution in [0.1, 0.15) is 27.2 Å². The van der Waals surface area contributed by atoms with Crippen LogP contribution in [-0.4, -0.2) is 83.2 Å². The van der Waals surface area contributed by atoms with Gasteiger partial charge in [0.1, 0.15) is 5.60 Å². The lowest BCUT2D eigenvalue weighted by Crippen LogP contribution is -2.47. The standard InChI is InChI=1S/C18H27ClFN5O4/c1-17(2,3)29-16(27)25-5-4-18(10-25,11-26)23-14-12(20)13(19)21-15(22-14)24-6-8-28-9-7-24/h26H,4-11H2,1-3H3,(H,21,22,23)/t18-/m0/s1. The summed E-state index contributed by atoms with van der Waals surface area (Å²) in [6.07, 6.45) is -0.0821. The van der Waals surface area contributed by atoms with Gasteiger partial charge < -0.3 is 29.7 Å². The summed E-state index contributed by atoms with van der Waals surface area (Å²) in [5.41, 5.74) is -1.59. The first-order valence-electron chi connectivity index (χ1n) is 9.55. The first-order valence-corrected chi connectivity index (χ1v) is 9.93. The Morgan fingerprint density at radius 2 is 2.03 bits per heavy atom. The number of carbonyl (C=O) groups is 1. The molecule has 1 aromatic heterocycles. The van der Waals surface area contributed by atoms with Gasteiger partial charge in [-0.1, -0.05) is 11.6 Å². The smallest absolute Gasteiger partial charge is 0.410 e. The molecule has 0 aromatic carbocycles. The molecule has 2 fully saturated rings. The van der Waals surface area contributed by atoms with Crippen molar-refractivity contribution < 1.29 is 23.8 Å². The van der Waals surface area contributed by atoms with Gasteiger partial charge in [-0.25, -0.2) is 4.79 Å². The van der Waals surface area contributed by atoms with Crippen LogP contribution in [0.3, 0.4) is 0 Å². The van der Waals surface area contributed by atoms with E-state index in [9.17, 15) is 14.3 Å². The van der Waals surface area contributed by atoms with E-state index in [1.807, 2.05) is 4.90 Å². The number of anilines is 2. The molecule has 3 rings (SSSR count). The Labute approximate surface area is 174 Å². The Hall–Kier alpha value is -1.91. The predicted octanol–water partition coefficient (Wildman–Crippen LogP) is 1.89. The third-order valence-electron chi connectivity index (χ3n) is 4.78. The molecule has 2 N–H and O–H groups in total. The van der Waals surface area contributed by atoms with Gasteiger partial charge in [-0.2, -0.15) is 14.4 Å². The molecule has 1 atom stereocenters. The Morgan fingerprint density at radius 1 is 1.34 bits per heavy atom. The van der Waals surface area contributed by atoms with Crippen molar-refractivity contribution in [2.45, 2.75) is 38.3 Å². The number of hydrogen-bond acceptors (Lipinski definition) is 8. The molecule has 1 aromatic rings. The topological polar surface area (TPSA) is 100 Å². The Kier molecular flexibility index (Phi) is 6.35. The van der Waals surface area contributed by atoms with Crippen LogP contribution in [0.4, 0.5) is 21.0 Å². The van der Waals surface area contributed by atoms with Crippen LogP contribution in [0.5, 0.6) is 0 Å². The minimum Gasteiger partial charge on any atom is -0.444 e. The van der Waals surface area contributed by atoms with Crippen molar-refractivity contribution in [1.29, 1.82) is 0 Å². The highest BCUT2D eigenvalue weighted by molar-refractivity contribution is 6.29. The molecular formula is C18H27ClFN5O4. The van der Waals surface area contributed by atoms with Gasteiger partial charge in [-0.3, -0.25) is 0 Å². The molecule has 2 saturated heterocycles. The number of carbonyl (C=O) groups excluding carboxylic acids is 1. The number of hydrogen-bond donors (Lipinski definition) is 2. The van der Waals surface area contributed by atoms with Gasteiger partial charge in [0.15, 0.2) is 11.0 Å². The number of nitrogens with zero attached hydrogens (tertiary/aromatic N) is 4. The maximum absolute atomic E-state index is 14.6. The zero-order valence-electron chi connectivity index (χ0n) is 16.9. The largest absolute Gasteiger partial charge is 0.444 e. The maximum atomic E-state index is 14.6. The third-order valence-corrected chi connectivity index (χ3v) is 5.04. The van der Waals surface area contributed by atoms with E-state index in [1.165, 1.54) is 4.90 Å². The molecule has 9 nitrogen and oxygen atoms in total. The highest BCUT2D eigenvalue weighted by Crippen LogP contribution is 2.30. The number of ether oxygens (including phenoxy) is 2. The number of morpholine rings is 1. The Bertz CT molecular complexity index is 757. The number of amides is 1. The van der Waals surface area contributed by atoms with Crippen LogP contribution in [0, 0.1) is 5.82 Å². The summed E-state index contributed by atoms with van der Waals surface area (Å²) < 4.78 is 25.3. The summed E-state index contributed by atoms with van der Waals surface area (Å²) >= 11 is 5.99. The number of halogens is 2. The van der Waals surface area contributed by atoms with Crippen molar-refractivity contribution in [2.24, 2.45) is 0 Å². The minimum absolute atomic E-state index is 0.105. The average Bonchev–Trinajstić information content (AvgIpc) is 3.09. The number of aliphatic hydroxyl groups excluding tert-OH is 1. The fourth-order valence-corrected chi connectivity index (χ4v) is 3.44. The molecule has 0 radical (unpaired) electrons. The quantitative estimate of drug-likeness (QED) is 0.697. The molecule has 1 amide bonds. The number of rotatable bonds is 4. The van der Waals surface area contributed by atoms with E-state index in [0.717, 1.165) is 0 Å². The lowest BCUT2D eigenvalue weighted by atomic mass is 10.00. The van der Waals surface area contributed by atoms with Gasteiger partial charge in [-0.05, 0) is 27.2 Å². The molecule has 3 heterocycles. The van der Waals surface area contributed by atoms with E-state index in [1.54, 1.807) is 20.8 Å². The molecule has 2 aliphatic rings. The Balaban J connectivity index is 1.78. The lowest BCUT2D eigenvalue weighted by molar-refractivity contribution is 0.0281. The van der Waals surface area contributed by atoms with Gasteiger partial charge in [0.05, 0.1) is 25.4 Å². The fraction of sp³-hybridized carbons (Fsp3) is 0.722. The summed E-state index contributed by atoms with van der Waals surface area (Å²) in [5, 5.41) is 12.7. The van der Waals surface area contributed by atoms with Gasteiger partial charge in [0, 0.05) is 26.2 Å². The van der Waals surface area contributed by atoms with E-state index in [-0.39, 0.29) is 30.1 Å². The monoisotopic (exact) mass is 431 g/mol. The van der Waals surface area contributed by atoms with Crippen LogP contribution in [-0.2, 0) is 9.47 Å². The van der Waals surface area contributed by atoms with Crippen molar-refractivity contribution in [2.75, 3.05) is 56.2 Å². The van der Waals surface area contributed by atoms with Crippen LogP contribution in [0.15, 0.2) is 0 Å². The molecule has 0 bridgehead atoms. The number of nitrogens with one attached hydrogen (secondary N) is 1. The summed E-state index contributed by atoms with van der Waals surface area (Å²) in [6.45, 7) is 7.71. The minimum atomic E-state index is -0.961. The predicted molar refractivity (Wildman–Crippen MR) is 106 cm³/mol. The van der Waals surface area contributed by atoms with Gasteiger partial charge in [0.2, 0.25) is 11.8 Å². The van der Waals surface area contributed by atoms with Crippen LogP contribution >= 0.6 is 11.6 Å². The average molecular weight is 432 g/mol. The lowest BCUT2D eigenvalue weighted by Gasteiger charge is -2.31. The molecular weight excluding hydrogens is 405 g/mol. The molecule has 0 spiro atoms. The fourth-order valence-electron chi connectivity index (χ4n) is 3.27. The van der Waals surface area contributed by atoms with Crippen molar-refractivity contribution >= 4 is 29.5 Å². The zero-order chi connectivity index (χ0) is 21.2. The van der Waals surface area contributed by atoms with Crippen LogP contribution < -0.4 is 10.2 Å². The first kappa shape index (κ1) is 21.8. The van der Waals surface area contributed by atoms with Gasteiger partial charge in [0.25, 0.3) is 0 Å². The summed E-state index contributed by atoms with van der Waals surface area (Å²) in [6, 6.07) is 0. The van der Waals surface area contributed by atoms with Crippen molar-refractivity contribution in [3.63, 3.8) is 0 Å². The highest BCUT2D eigenvalue weighted by atomic mass is 35.5. The molecule has 11 heteroatoms. The molecule has 2 aliphatic heterocycles. The van der Waals surface area contributed by atoms with Gasteiger partial charge >= 0.3 is 6.09 Å². The first-order chi connectivity index (χ1) is 13.6. The Morgan fingerprint density at radius 3 is 2.66 bits per heavy atom. The molecule has 0 unspecified atom stereocenters. The van der Waals surface area contributed by atoms with Gasteiger partial charge in [-0.15, -0.1) is 0 Å². The van der Waals surface area contributed by atoms with E-state index in [0.29, 0.717) is 39.3 Å². The van der Waals surface area contributed by atoms with Crippen molar-refractivity contribution in [3.8, 4) is 0 Å². The van der Waals surface area contributed by atoms with E-state index in [2.05, 4.69) is 15.3 Å². The molecule has 162 valence electrons. The second-order valence-corrected chi connectivity index (χ2v) is 8.65. The second-order valence-electron chi connectivity index (χ2n) is 8.29. The SMILES string of the molecule is CC(C)(C)OC(=O)N1CC[C@](CO)(Nc2nc(N3CCOCC3)nc(Cl)c2F)C1. The number of aromatic nitrogens is 2. The zero-order valence-corrected chi connectivity index (χ0v) is 17.6. The summed E-state index contributed by atoms with van der Waals surface area (Å²) in [7, 11) is 0. The second kappa shape index (κ2) is 8.45. The molecule has 29 heavy (non-hydrogen) atoms. The number of likely N-dealkylation sites (tertiary alicyclic amines) is 1. The maximum Gasteiger partial charge on any atom is 0.410 e. The van der Waals surface area contributed by atoms with E-state index >= 15 is 0 Å². The van der Waals surface area contributed by atoms with Crippen molar-refractivity contribution in [1.82, 2.24) is 14.9 Å². The third kappa shape index (κ3) is 5.18. The van der Waals surface area contributed by atoms with E-state index < -0.39 is 23.1 Å². The van der Waals surface area contributed by atoms with Crippen LogP contribution in [0.2, 0.25) is 5.15 Å². The van der Waals surface area contributed by atoms with Crippen LogP contribution in [0.25, 0.3) is 0 Å². The number of aliphatic hydroxyl groups is 1. The van der Waals surface area contributed by atoms with E-state index in [4.69, 9.17) is 21.1 Å². The summed E-state index contributed by atoms with van der Waals surface area (Å²) in [5.74, 6) is -0.615. The molecule has 0 aliphatic carbocycles. The normalized spacial score (nSPS) is 22.7. The summed E-state index contributed by atoms with van der Waals surface area (Å²) in [4.78, 5) is 24.0.